The molecule has 0 aromatic carbocycles. The van der Waals surface area contributed by atoms with Crippen molar-refractivity contribution >= 4 is 17.5 Å². The van der Waals surface area contributed by atoms with E-state index in [-0.39, 0.29) is 11.9 Å². The van der Waals surface area contributed by atoms with Crippen LogP contribution in [0.1, 0.15) is 6.92 Å². The van der Waals surface area contributed by atoms with Crippen LogP contribution in [-0.4, -0.2) is 43.8 Å². The Morgan fingerprint density at radius 3 is 3.00 bits per heavy atom. The molecule has 0 saturated carbocycles. The lowest BCUT2D eigenvalue weighted by Gasteiger charge is -2.23. The van der Waals surface area contributed by atoms with Crippen molar-refractivity contribution < 1.29 is 14.3 Å². The number of rotatable bonds is 3. The quantitative estimate of drug-likeness (QED) is 0.670. The van der Waals surface area contributed by atoms with Crippen LogP contribution < -0.4 is 5.32 Å². The normalized spacial score (nSPS) is 25.2. The van der Waals surface area contributed by atoms with Crippen LogP contribution in [0.3, 0.4) is 0 Å². The minimum Gasteiger partial charge on any atom is -0.376 e. The van der Waals surface area contributed by atoms with Crippen molar-refractivity contribution in [3.63, 3.8) is 0 Å². The molecule has 2 atom stereocenters. The van der Waals surface area contributed by atoms with E-state index < -0.39 is 6.10 Å². The van der Waals surface area contributed by atoms with E-state index in [0.717, 1.165) is 0 Å². The van der Waals surface area contributed by atoms with Gasteiger partial charge in [0.05, 0.1) is 19.8 Å². The van der Waals surface area contributed by atoms with E-state index in [1.807, 2.05) is 6.92 Å². The first-order valence-corrected chi connectivity index (χ1v) is 4.83. The van der Waals surface area contributed by atoms with Crippen LogP contribution in [-0.2, 0) is 14.3 Å². The van der Waals surface area contributed by atoms with Crippen LogP contribution in [0, 0.1) is 0 Å². The fraction of sp³-hybridized carbons (Fsp3) is 0.875. The van der Waals surface area contributed by atoms with Gasteiger partial charge in [-0.3, -0.25) is 4.79 Å². The summed E-state index contributed by atoms with van der Waals surface area (Å²) in [4.78, 5) is 11.4. The van der Waals surface area contributed by atoms with Crippen LogP contribution in [0.15, 0.2) is 0 Å². The third-order valence-corrected chi connectivity index (χ3v) is 2.19. The molecule has 4 nitrogen and oxygen atoms in total. The Morgan fingerprint density at radius 2 is 2.46 bits per heavy atom. The van der Waals surface area contributed by atoms with Crippen molar-refractivity contribution in [3.05, 3.63) is 0 Å². The van der Waals surface area contributed by atoms with E-state index in [0.29, 0.717) is 25.7 Å². The molecular formula is C8H14ClNO3. The summed E-state index contributed by atoms with van der Waals surface area (Å²) in [6, 6.07) is -0.0281. The Kier molecular flexibility index (Phi) is 4.48. The van der Waals surface area contributed by atoms with Crippen LogP contribution in [0.5, 0.6) is 0 Å². The molecule has 1 aliphatic heterocycles. The number of hydrogen-bond acceptors (Lipinski definition) is 3. The first-order chi connectivity index (χ1) is 6.24. The van der Waals surface area contributed by atoms with Gasteiger partial charge in [-0.2, -0.15) is 0 Å². The van der Waals surface area contributed by atoms with E-state index in [4.69, 9.17) is 21.1 Å². The van der Waals surface area contributed by atoms with Gasteiger partial charge in [0, 0.05) is 11.9 Å². The molecule has 76 valence electrons. The molecule has 0 radical (unpaired) electrons. The van der Waals surface area contributed by atoms with Crippen molar-refractivity contribution in [3.8, 4) is 0 Å². The number of amides is 1. The SMILES string of the molecule is CC(CCl)NC(=O)C1COCCO1. The summed E-state index contributed by atoms with van der Waals surface area (Å²) in [5.41, 5.74) is 0. The smallest absolute Gasteiger partial charge is 0.251 e. The Labute approximate surface area is 82.5 Å². The van der Waals surface area contributed by atoms with Crippen molar-refractivity contribution in [2.45, 2.75) is 19.1 Å². The maximum Gasteiger partial charge on any atom is 0.251 e. The predicted octanol–water partition coefficient (Wildman–Crippen LogP) is 0.145. The van der Waals surface area contributed by atoms with E-state index in [1.54, 1.807) is 0 Å². The average Bonchev–Trinajstić information content (AvgIpc) is 2.19. The molecule has 2 unspecified atom stereocenters. The Morgan fingerprint density at radius 1 is 1.69 bits per heavy atom. The van der Waals surface area contributed by atoms with Gasteiger partial charge in [0.1, 0.15) is 0 Å². The fourth-order valence-electron chi connectivity index (χ4n) is 1.01. The first-order valence-electron chi connectivity index (χ1n) is 4.29. The standard InChI is InChI=1S/C8H14ClNO3/c1-6(4-9)10-8(11)7-5-12-2-3-13-7/h6-7H,2-5H2,1H3,(H,10,11). The second kappa shape index (κ2) is 5.42. The number of carbonyl (C=O) groups excluding carboxylic acids is 1. The van der Waals surface area contributed by atoms with E-state index in [2.05, 4.69) is 5.32 Å². The zero-order valence-corrected chi connectivity index (χ0v) is 8.34. The molecule has 1 saturated heterocycles. The summed E-state index contributed by atoms with van der Waals surface area (Å²) < 4.78 is 10.3. The van der Waals surface area contributed by atoms with Gasteiger partial charge >= 0.3 is 0 Å². The fourth-order valence-corrected chi connectivity index (χ4v) is 1.09. The minimum atomic E-state index is -0.473. The van der Waals surface area contributed by atoms with E-state index >= 15 is 0 Å². The Hall–Kier alpha value is -0.320. The summed E-state index contributed by atoms with van der Waals surface area (Å²) in [7, 11) is 0. The van der Waals surface area contributed by atoms with Crippen LogP contribution >= 0.6 is 11.6 Å². The van der Waals surface area contributed by atoms with Crippen LogP contribution in [0.25, 0.3) is 0 Å². The minimum absolute atomic E-state index is 0.0281. The molecule has 1 amide bonds. The molecule has 0 aromatic rings. The highest BCUT2D eigenvalue weighted by Crippen LogP contribution is 2.01. The molecule has 1 heterocycles. The number of nitrogens with one attached hydrogen (secondary N) is 1. The van der Waals surface area contributed by atoms with Gasteiger partial charge in [0.2, 0.25) is 0 Å². The molecule has 1 N–H and O–H groups in total. The molecule has 5 heteroatoms. The van der Waals surface area contributed by atoms with Crippen LogP contribution in [0.4, 0.5) is 0 Å². The van der Waals surface area contributed by atoms with Crippen LogP contribution in [0.2, 0.25) is 0 Å². The molecule has 1 aliphatic rings. The lowest BCUT2D eigenvalue weighted by Crippen LogP contribution is -2.46. The Balaban J connectivity index is 2.29. The number of halogens is 1. The molecule has 0 aliphatic carbocycles. The van der Waals surface area contributed by atoms with Gasteiger partial charge < -0.3 is 14.8 Å². The van der Waals surface area contributed by atoms with Crippen molar-refractivity contribution in [2.75, 3.05) is 25.7 Å². The largest absolute Gasteiger partial charge is 0.376 e. The summed E-state index contributed by atoms with van der Waals surface area (Å²) in [5.74, 6) is 0.257. The highest BCUT2D eigenvalue weighted by Gasteiger charge is 2.23. The molecule has 13 heavy (non-hydrogen) atoms. The lowest BCUT2D eigenvalue weighted by molar-refractivity contribution is -0.147. The third-order valence-electron chi connectivity index (χ3n) is 1.73. The predicted molar refractivity (Wildman–Crippen MR) is 48.9 cm³/mol. The number of ether oxygens (including phenoxy) is 2. The highest BCUT2D eigenvalue weighted by molar-refractivity contribution is 6.18. The topological polar surface area (TPSA) is 47.6 Å². The summed E-state index contributed by atoms with van der Waals surface area (Å²) >= 11 is 5.55. The van der Waals surface area contributed by atoms with Gasteiger partial charge in [-0.25, -0.2) is 0 Å². The molecule has 1 fully saturated rings. The zero-order chi connectivity index (χ0) is 9.68. The zero-order valence-electron chi connectivity index (χ0n) is 7.59. The van der Waals surface area contributed by atoms with Gasteiger partial charge in [0.25, 0.3) is 5.91 Å². The summed E-state index contributed by atoms with van der Waals surface area (Å²) in [6.45, 7) is 3.22. The average molecular weight is 208 g/mol. The molecule has 1 rings (SSSR count). The van der Waals surface area contributed by atoms with E-state index in [9.17, 15) is 4.79 Å². The maximum absolute atomic E-state index is 11.4. The van der Waals surface area contributed by atoms with Gasteiger partial charge in [0.15, 0.2) is 6.10 Å². The number of carbonyl (C=O) groups is 1. The number of hydrogen-bond donors (Lipinski definition) is 1. The second-order valence-electron chi connectivity index (χ2n) is 3.00. The van der Waals surface area contributed by atoms with Crippen molar-refractivity contribution in [1.82, 2.24) is 5.32 Å². The van der Waals surface area contributed by atoms with Crippen molar-refractivity contribution in [1.29, 1.82) is 0 Å². The second-order valence-corrected chi connectivity index (χ2v) is 3.31. The molecule has 0 bridgehead atoms. The third kappa shape index (κ3) is 3.50. The molecular weight excluding hydrogens is 194 g/mol. The molecule has 0 aromatic heterocycles. The van der Waals surface area contributed by atoms with Gasteiger partial charge in [-0.1, -0.05) is 0 Å². The molecule has 0 spiro atoms. The monoisotopic (exact) mass is 207 g/mol. The number of alkyl halides is 1. The Bertz CT molecular complexity index is 171. The maximum atomic E-state index is 11.4. The van der Waals surface area contributed by atoms with Crippen molar-refractivity contribution in [2.24, 2.45) is 0 Å². The van der Waals surface area contributed by atoms with Gasteiger partial charge in [-0.15, -0.1) is 11.6 Å². The van der Waals surface area contributed by atoms with E-state index in [1.165, 1.54) is 0 Å². The first kappa shape index (κ1) is 10.8. The highest BCUT2D eigenvalue weighted by atomic mass is 35.5. The summed E-state index contributed by atoms with van der Waals surface area (Å²) in [5, 5.41) is 2.72. The van der Waals surface area contributed by atoms with Gasteiger partial charge in [-0.05, 0) is 6.92 Å². The lowest BCUT2D eigenvalue weighted by atomic mass is 10.3. The summed E-state index contributed by atoms with van der Waals surface area (Å²) in [6.07, 6.45) is -0.473.